The molecule has 0 spiro atoms. The average Bonchev–Trinajstić information content (AvgIpc) is 0.724. The van der Waals surface area contributed by atoms with Crippen molar-refractivity contribution in [1.82, 2.24) is 69.8 Å². The Balaban J connectivity index is 0.000000170. The number of pyridine rings is 2. The molecule has 638 valence electrons. The summed E-state index contributed by atoms with van der Waals surface area (Å²) in [6, 6.07) is 28.4. The van der Waals surface area contributed by atoms with Gasteiger partial charge in [0.1, 0.15) is 59.2 Å². The fourth-order valence-electron chi connectivity index (χ4n) is 15.1. The number of benzene rings is 2. The zero-order chi connectivity index (χ0) is 87.2. The van der Waals surface area contributed by atoms with Crippen LogP contribution in [0.25, 0.3) is 22.5 Å². The largest absolute Gasteiger partial charge is 0.416 e. The standard InChI is InChI=1S/C25H27FN6.C24H26N6O.C20H23F3N6O.C20H23F2N5O.CH4/c1-25(2)10-8-17(9-11-25)12-21-19(13-27)14-29-24(31-21)30-16-20-15-28-23(26)32-22(20)18-6-4-3-5-7-18;1-15-4-6-16(7-5-15)22-18(11-26-14-29-22)13-28-23-27-12-17(10-25)20(30-23)8-19-9-21(31)24(19,2)3;1-18(2)15(7-19(18,3)30-4)28-16-12(8-24)10-26-17(29-16)27-11-13-9-25-6-5-14(13)20(21,22)23;1-19(2)15(8-16(19)28)26-18-13(9-23)11-25-17(27-18)5-4-12-10-24-7-6-14(12)20(3,21)22;/h3-7,14-15,17H,8-12,16H2,1-2H3,(H,29,30,31);4-7,11-12,14,19,21,31H,8-9,13H2,1-3H3,(H,27,28,30);5-6,9-10,15H,7,11H2,1-4H3,(H2,26,27,28,29);6-7,10-11,15-16,28H,4-5,8H2,1-3H3,(H,25,26,27);1H4/t;19-,21-;;15-,16+;/m.0.0./s1. The van der Waals surface area contributed by atoms with Gasteiger partial charge >= 0.3 is 12.3 Å². The van der Waals surface area contributed by atoms with Gasteiger partial charge in [0.15, 0.2) is 0 Å². The molecule has 0 amide bonds. The van der Waals surface area contributed by atoms with Gasteiger partial charge in [-0.25, -0.2) is 63.6 Å². The van der Waals surface area contributed by atoms with E-state index in [0.29, 0.717) is 113 Å². The van der Waals surface area contributed by atoms with Crippen molar-refractivity contribution in [2.75, 3.05) is 33.7 Å². The molecule has 32 heteroatoms. The van der Waals surface area contributed by atoms with Crippen LogP contribution in [0.2, 0.25) is 0 Å². The second kappa shape index (κ2) is 39.0. The summed E-state index contributed by atoms with van der Waals surface area (Å²) in [5.74, 6) is 0.0734. The summed E-state index contributed by atoms with van der Waals surface area (Å²) >= 11 is 0. The van der Waals surface area contributed by atoms with Gasteiger partial charge in [-0.1, -0.05) is 123 Å². The molecule has 7 N–H and O–H groups in total. The average molecular weight is 1670 g/mol. The molecule has 0 bridgehead atoms. The van der Waals surface area contributed by atoms with Gasteiger partial charge in [-0.05, 0) is 118 Å². The third-order valence-corrected chi connectivity index (χ3v) is 24.3. The van der Waals surface area contributed by atoms with Gasteiger partial charge in [0, 0.05) is 134 Å². The van der Waals surface area contributed by atoms with Gasteiger partial charge in [0.25, 0.3) is 5.92 Å². The summed E-state index contributed by atoms with van der Waals surface area (Å²) in [4.78, 5) is 58.9. The van der Waals surface area contributed by atoms with Crippen molar-refractivity contribution in [3.8, 4) is 46.8 Å². The first-order valence-electron chi connectivity index (χ1n) is 39.9. The Morgan fingerprint density at radius 2 is 1.04 bits per heavy atom. The molecular weight excluding hydrogens is 1570 g/mol. The van der Waals surface area contributed by atoms with Gasteiger partial charge in [-0.15, -0.1) is 0 Å². The number of hydrogen-bond acceptors (Lipinski definition) is 26. The summed E-state index contributed by atoms with van der Waals surface area (Å²) in [5, 5.41) is 73.3. The first-order valence-corrected chi connectivity index (χ1v) is 39.9. The van der Waals surface area contributed by atoms with Crippen LogP contribution in [-0.4, -0.2) is 117 Å². The highest BCUT2D eigenvalue weighted by atomic mass is 19.4. The van der Waals surface area contributed by atoms with Crippen molar-refractivity contribution in [2.24, 2.45) is 33.5 Å². The number of nitriles is 4. The van der Waals surface area contributed by atoms with E-state index < -0.39 is 29.8 Å². The number of anilines is 5. The van der Waals surface area contributed by atoms with Crippen LogP contribution in [0.1, 0.15) is 200 Å². The zero-order valence-corrected chi connectivity index (χ0v) is 69.7. The number of nitrogens with zero attached hydrogens (tertiary/aromatic N) is 18. The number of methoxy groups -OCH3 is 1. The van der Waals surface area contributed by atoms with Gasteiger partial charge < -0.3 is 41.5 Å². The molecule has 4 saturated carbocycles. The van der Waals surface area contributed by atoms with Gasteiger partial charge in [0.2, 0.25) is 17.8 Å². The van der Waals surface area contributed by atoms with Crippen molar-refractivity contribution in [3.05, 3.63) is 220 Å². The van der Waals surface area contributed by atoms with E-state index in [1.165, 1.54) is 55.5 Å². The lowest BCUT2D eigenvalue weighted by Gasteiger charge is -2.59. The molecule has 0 aliphatic heterocycles. The minimum absolute atomic E-state index is 0. The maximum absolute atomic E-state index is 13.8. The molecule has 0 radical (unpaired) electrons. The lowest BCUT2D eigenvalue weighted by molar-refractivity contribution is -0.166. The van der Waals surface area contributed by atoms with Crippen molar-refractivity contribution in [1.29, 1.82) is 21.0 Å². The molecule has 4 aliphatic carbocycles. The number of aliphatic hydroxyl groups excluding tert-OH is 2. The van der Waals surface area contributed by atoms with Gasteiger partial charge in [0.05, 0.1) is 82.1 Å². The fraction of sp³-hybridized carbons (Fsp3) is 0.444. The molecule has 8 aromatic heterocycles. The highest BCUT2D eigenvalue weighted by Gasteiger charge is 2.58. The molecule has 4 aliphatic rings. The van der Waals surface area contributed by atoms with Gasteiger partial charge in [-0.3, -0.25) is 9.97 Å². The molecule has 8 heterocycles. The number of ether oxygens (including phenoxy) is 1. The Morgan fingerprint density at radius 3 is 1.59 bits per heavy atom. The smallest absolute Gasteiger partial charge is 0.393 e. The molecule has 2 unspecified atom stereocenters. The third-order valence-electron chi connectivity index (χ3n) is 24.3. The number of alkyl halides is 5. The molecule has 14 rings (SSSR count). The molecular formula is C90H103F6N23O3. The summed E-state index contributed by atoms with van der Waals surface area (Å²) in [5.41, 5.74) is 8.14. The number of aromatic nitrogens is 14. The van der Waals surface area contributed by atoms with E-state index in [1.54, 1.807) is 32.0 Å². The normalized spacial score (nSPS) is 19.4. The van der Waals surface area contributed by atoms with E-state index in [9.17, 15) is 57.6 Å². The Morgan fingerprint density at radius 1 is 0.525 bits per heavy atom. The van der Waals surface area contributed by atoms with E-state index in [0.717, 1.165) is 91.1 Å². The Kier molecular flexibility index (Phi) is 29.4. The Hall–Kier alpha value is -12.4. The van der Waals surface area contributed by atoms with Crippen molar-refractivity contribution in [2.45, 2.75) is 216 Å². The topological polar surface area (TPSA) is 385 Å². The monoisotopic (exact) mass is 1670 g/mol. The SMILES string of the molecule is C.CC(F)(F)c1ccncc1CCc1ncc(C#N)c(N[C@H]2C[C@@H](O)C2(C)C)n1.CC1(C)CCC(Cc2nc(NCc3cnc(F)nc3-c3ccccc3)ncc2C#N)CC1.COC1(C)CC(Nc2nc(NCc3cnccc3C(F)(F)F)ncc2C#N)C1(C)C.Cc1ccc(-c2ncncc2CNc2ncc(C#N)c(C[C@H]3C[C@H](O)C3(C)C)n2)cc1. The van der Waals surface area contributed by atoms with Crippen molar-refractivity contribution >= 4 is 29.5 Å². The predicted octanol–water partition coefficient (Wildman–Crippen LogP) is 16.8. The highest BCUT2D eigenvalue weighted by Crippen LogP contribution is 2.53. The minimum atomic E-state index is -4.48. The fourth-order valence-corrected chi connectivity index (χ4v) is 15.1. The second-order valence-corrected chi connectivity index (χ2v) is 33.8. The molecule has 10 aromatic rings. The second-order valence-electron chi connectivity index (χ2n) is 33.8. The van der Waals surface area contributed by atoms with E-state index in [1.807, 2.05) is 69.3 Å². The molecule has 26 nitrogen and oxygen atoms in total. The first kappa shape index (κ1) is 91.9. The summed E-state index contributed by atoms with van der Waals surface area (Å²) in [6.45, 7) is 22.3. The van der Waals surface area contributed by atoms with Crippen LogP contribution in [0, 0.1) is 91.8 Å². The highest BCUT2D eigenvalue weighted by molar-refractivity contribution is 5.64. The minimum Gasteiger partial charge on any atom is -0.393 e. The van der Waals surface area contributed by atoms with E-state index in [4.69, 9.17) is 4.74 Å². The Labute approximate surface area is 707 Å². The maximum atomic E-state index is 13.8. The molecule has 6 atom stereocenters. The Bertz CT molecular complexity index is 5440. The molecule has 2 aromatic carbocycles. The van der Waals surface area contributed by atoms with E-state index in [2.05, 4.69) is 175 Å². The number of rotatable bonds is 24. The van der Waals surface area contributed by atoms with Crippen LogP contribution in [0.15, 0.2) is 135 Å². The van der Waals surface area contributed by atoms with E-state index >= 15 is 0 Å². The van der Waals surface area contributed by atoms with Crippen molar-refractivity contribution in [3.63, 3.8) is 0 Å². The summed E-state index contributed by atoms with van der Waals surface area (Å²) in [7, 11) is 1.67. The molecule has 0 saturated heterocycles. The number of hydrogen-bond donors (Lipinski definition) is 7. The molecule has 122 heavy (non-hydrogen) atoms. The zero-order valence-electron chi connectivity index (χ0n) is 69.7. The quantitative estimate of drug-likeness (QED) is 0.0218. The maximum Gasteiger partial charge on any atom is 0.416 e. The first-order chi connectivity index (χ1) is 57.4. The van der Waals surface area contributed by atoms with Crippen LogP contribution in [0.5, 0.6) is 0 Å². The lowest BCUT2D eigenvalue weighted by Crippen LogP contribution is -2.65. The van der Waals surface area contributed by atoms with Gasteiger partial charge in [-0.2, -0.15) is 43.6 Å². The van der Waals surface area contributed by atoms with E-state index in [-0.39, 0.29) is 82.6 Å². The predicted molar refractivity (Wildman–Crippen MR) is 450 cm³/mol. The van der Waals surface area contributed by atoms with Crippen LogP contribution in [0.4, 0.5) is 55.8 Å². The summed E-state index contributed by atoms with van der Waals surface area (Å²) in [6.07, 6.45) is 18.6. The number of nitrogens with one attached hydrogen (secondary N) is 5. The van der Waals surface area contributed by atoms with Crippen LogP contribution >= 0.6 is 0 Å². The molecule has 4 fully saturated rings. The number of halogens is 6. The lowest BCUT2D eigenvalue weighted by atomic mass is 9.56. The van der Waals surface area contributed by atoms with Crippen LogP contribution in [0.3, 0.4) is 0 Å². The van der Waals surface area contributed by atoms with Crippen LogP contribution < -0.4 is 26.6 Å². The third kappa shape index (κ3) is 22.2. The van der Waals surface area contributed by atoms with Crippen LogP contribution in [-0.2, 0) is 62.2 Å². The summed E-state index contributed by atoms with van der Waals surface area (Å²) < 4.78 is 86.3. The number of aryl methyl sites for hydroxylation is 3. The van der Waals surface area contributed by atoms with Crippen molar-refractivity contribution < 1.29 is 41.3 Å². The number of aliphatic hydroxyl groups is 2.